The van der Waals surface area contributed by atoms with Crippen molar-refractivity contribution in [3.05, 3.63) is 19.2 Å². The first-order valence-corrected chi connectivity index (χ1v) is 7.38. The molecule has 0 saturated carbocycles. The highest BCUT2D eigenvalue weighted by Gasteiger charge is 2.20. The predicted octanol–water partition coefficient (Wildman–Crippen LogP) is 4.66. The van der Waals surface area contributed by atoms with Crippen molar-refractivity contribution < 1.29 is 9.53 Å². The Morgan fingerprint density at radius 2 is 2.12 bits per heavy atom. The Bertz CT molecular complexity index is 385. The smallest absolute Gasteiger partial charge is 0.190 e. The number of ether oxygens (including phenoxy) is 1. The molecule has 0 N–H and O–H groups in total. The maximum atomic E-state index is 11.9. The van der Waals surface area contributed by atoms with Crippen molar-refractivity contribution in [3.8, 4) is 0 Å². The highest BCUT2D eigenvalue weighted by molar-refractivity contribution is 9.12. The van der Waals surface area contributed by atoms with E-state index in [0.29, 0.717) is 5.56 Å². The van der Waals surface area contributed by atoms with Crippen LogP contribution in [0.3, 0.4) is 0 Å². The molecule has 0 atom stereocenters. The summed E-state index contributed by atoms with van der Waals surface area (Å²) in [5, 5.41) is 0. The molecule has 0 aliphatic carbocycles. The average molecular weight is 370 g/mol. The van der Waals surface area contributed by atoms with Gasteiger partial charge in [-0.15, -0.1) is 11.3 Å². The number of ketones is 1. The summed E-state index contributed by atoms with van der Waals surface area (Å²) in [6.45, 7) is 6.14. The molecule has 1 aromatic heterocycles. The Hall–Kier alpha value is 0.290. The lowest BCUT2D eigenvalue weighted by atomic mass is 10.1. The van der Waals surface area contributed by atoms with Crippen molar-refractivity contribution in [1.29, 1.82) is 0 Å². The van der Waals surface area contributed by atoms with Crippen LogP contribution in [0, 0.1) is 0 Å². The highest BCUT2D eigenvalue weighted by Crippen LogP contribution is 2.32. The van der Waals surface area contributed by atoms with Crippen LogP contribution in [0.1, 0.15) is 37.6 Å². The normalized spacial score (nSPS) is 11.8. The van der Waals surface area contributed by atoms with Crippen LogP contribution in [0.25, 0.3) is 0 Å². The topological polar surface area (TPSA) is 26.3 Å². The van der Waals surface area contributed by atoms with Crippen molar-refractivity contribution in [2.45, 2.75) is 32.8 Å². The summed E-state index contributed by atoms with van der Waals surface area (Å²) in [6.07, 6.45) is 0.884. The van der Waals surface area contributed by atoms with Gasteiger partial charge in [-0.05, 0) is 58.2 Å². The van der Waals surface area contributed by atoms with E-state index in [2.05, 4.69) is 31.9 Å². The monoisotopic (exact) mass is 368 g/mol. The Balaban J connectivity index is 2.63. The van der Waals surface area contributed by atoms with Crippen molar-refractivity contribution in [2.24, 2.45) is 0 Å². The maximum Gasteiger partial charge on any atom is 0.190 e. The summed E-state index contributed by atoms with van der Waals surface area (Å²) in [7, 11) is 0. The quantitative estimate of drug-likeness (QED) is 0.705. The lowest BCUT2D eigenvalue weighted by molar-refractivity contribution is -0.0122. The van der Waals surface area contributed by atoms with E-state index in [1.165, 1.54) is 11.3 Å². The van der Waals surface area contributed by atoms with Gasteiger partial charge in [0.1, 0.15) is 6.61 Å². The number of Topliss-reactive ketones (excluding diaryl/α,β-unsaturated/α-hetero) is 1. The van der Waals surface area contributed by atoms with Gasteiger partial charge >= 0.3 is 0 Å². The number of carbonyl (C=O) groups is 1. The molecule has 0 aliphatic heterocycles. The summed E-state index contributed by atoms with van der Waals surface area (Å²) < 4.78 is 7.37. The first-order valence-electron chi connectivity index (χ1n) is 4.97. The van der Waals surface area contributed by atoms with Crippen LogP contribution in [0.15, 0.2) is 13.6 Å². The van der Waals surface area contributed by atoms with Crippen LogP contribution in [0.5, 0.6) is 0 Å². The SMILES string of the molecule is CCC(C)(C)OCC(=O)c1cc(Br)sc1Br. The van der Waals surface area contributed by atoms with Gasteiger partial charge in [0.25, 0.3) is 0 Å². The van der Waals surface area contributed by atoms with Crippen molar-refractivity contribution in [3.63, 3.8) is 0 Å². The summed E-state index contributed by atoms with van der Waals surface area (Å²) in [5.74, 6) is 0.00958. The molecule has 90 valence electrons. The van der Waals surface area contributed by atoms with Crippen molar-refractivity contribution in [2.75, 3.05) is 6.61 Å². The van der Waals surface area contributed by atoms with E-state index >= 15 is 0 Å². The minimum absolute atomic E-state index is 0.00958. The van der Waals surface area contributed by atoms with Crippen LogP contribution in [0.2, 0.25) is 0 Å². The molecule has 1 aromatic rings. The standard InChI is InChI=1S/C11H14Br2O2S/c1-4-11(2,3)15-6-8(14)7-5-9(12)16-10(7)13/h5H,4,6H2,1-3H3. The van der Waals surface area contributed by atoms with Crippen LogP contribution >= 0.6 is 43.2 Å². The van der Waals surface area contributed by atoms with E-state index in [9.17, 15) is 4.79 Å². The summed E-state index contributed by atoms with van der Waals surface area (Å²) in [5.41, 5.74) is 0.443. The van der Waals surface area contributed by atoms with E-state index < -0.39 is 0 Å². The number of halogens is 2. The number of carbonyl (C=O) groups excluding carboxylic acids is 1. The van der Waals surface area contributed by atoms with Gasteiger partial charge < -0.3 is 4.74 Å². The van der Waals surface area contributed by atoms with Crippen LogP contribution in [-0.4, -0.2) is 18.0 Å². The second-order valence-electron chi connectivity index (χ2n) is 4.06. The number of hydrogen-bond acceptors (Lipinski definition) is 3. The lowest BCUT2D eigenvalue weighted by Gasteiger charge is -2.22. The van der Waals surface area contributed by atoms with Crippen LogP contribution in [0.4, 0.5) is 0 Å². The van der Waals surface area contributed by atoms with Crippen LogP contribution < -0.4 is 0 Å². The first kappa shape index (κ1) is 14.4. The predicted molar refractivity (Wildman–Crippen MR) is 74.4 cm³/mol. The molecule has 0 saturated heterocycles. The molecule has 0 aromatic carbocycles. The molecule has 0 spiro atoms. The molecule has 0 unspecified atom stereocenters. The Morgan fingerprint density at radius 3 is 2.56 bits per heavy atom. The van der Waals surface area contributed by atoms with E-state index in [0.717, 1.165) is 14.0 Å². The molecule has 0 fully saturated rings. The second kappa shape index (κ2) is 5.76. The Morgan fingerprint density at radius 1 is 1.50 bits per heavy atom. The van der Waals surface area contributed by atoms with Gasteiger partial charge in [-0.1, -0.05) is 6.92 Å². The molecule has 2 nitrogen and oxygen atoms in total. The van der Waals surface area contributed by atoms with Gasteiger partial charge in [-0.2, -0.15) is 0 Å². The third kappa shape index (κ3) is 3.95. The van der Waals surface area contributed by atoms with Gasteiger partial charge in [0.2, 0.25) is 0 Å². The third-order valence-electron chi connectivity index (χ3n) is 2.40. The summed E-state index contributed by atoms with van der Waals surface area (Å²) in [4.78, 5) is 11.9. The first-order chi connectivity index (χ1) is 7.35. The molecule has 0 bridgehead atoms. The van der Waals surface area contributed by atoms with Gasteiger partial charge in [-0.3, -0.25) is 4.79 Å². The largest absolute Gasteiger partial charge is 0.367 e. The minimum atomic E-state index is -0.241. The molecule has 5 heteroatoms. The molecular weight excluding hydrogens is 356 g/mol. The number of hydrogen-bond donors (Lipinski definition) is 0. The molecule has 0 amide bonds. The van der Waals surface area contributed by atoms with E-state index in [1.54, 1.807) is 0 Å². The Labute approximate surface area is 117 Å². The molecule has 1 heterocycles. The molecular formula is C11H14Br2O2S. The Kier molecular flexibility index (Phi) is 5.16. The van der Waals surface area contributed by atoms with Crippen molar-refractivity contribution in [1.82, 2.24) is 0 Å². The van der Waals surface area contributed by atoms with E-state index in [-0.39, 0.29) is 18.0 Å². The molecule has 16 heavy (non-hydrogen) atoms. The van der Waals surface area contributed by atoms with Crippen molar-refractivity contribution >= 4 is 49.0 Å². The molecule has 1 rings (SSSR count). The fourth-order valence-electron chi connectivity index (χ4n) is 0.971. The fourth-order valence-corrected chi connectivity index (χ4v) is 3.83. The second-order valence-corrected chi connectivity index (χ2v) is 7.81. The number of thiophene rings is 1. The average Bonchev–Trinajstić information content (AvgIpc) is 2.54. The third-order valence-corrected chi connectivity index (χ3v) is 4.74. The lowest BCUT2D eigenvalue weighted by Crippen LogP contribution is -2.26. The molecule has 0 radical (unpaired) electrons. The highest BCUT2D eigenvalue weighted by atomic mass is 79.9. The zero-order chi connectivity index (χ0) is 12.3. The van der Waals surface area contributed by atoms with Crippen LogP contribution in [-0.2, 0) is 4.74 Å². The number of rotatable bonds is 5. The zero-order valence-electron chi connectivity index (χ0n) is 9.47. The van der Waals surface area contributed by atoms with Gasteiger partial charge in [0, 0.05) is 5.56 Å². The van der Waals surface area contributed by atoms with Gasteiger partial charge in [-0.25, -0.2) is 0 Å². The molecule has 0 aliphatic rings. The fraction of sp³-hybridized carbons (Fsp3) is 0.545. The van der Waals surface area contributed by atoms with E-state index in [4.69, 9.17) is 4.74 Å². The zero-order valence-corrected chi connectivity index (χ0v) is 13.5. The summed E-state index contributed by atoms with van der Waals surface area (Å²) in [6, 6.07) is 1.82. The summed E-state index contributed by atoms with van der Waals surface area (Å²) >= 11 is 8.21. The van der Waals surface area contributed by atoms with Gasteiger partial charge in [0.15, 0.2) is 5.78 Å². The minimum Gasteiger partial charge on any atom is -0.367 e. The maximum absolute atomic E-state index is 11.9. The van der Waals surface area contributed by atoms with Gasteiger partial charge in [0.05, 0.1) is 13.2 Å². The van der Waals surface area contributed by atoms with E-state index in [1.807, 2.05) is 26.8 Å².